The molecule has 0 aromatic heterocycles. The van der Waals surface area contributed by atoms with Crippen LogP contribution in [0.15, 0.2) is 29.2 Å². The van der Waals surface area contributed by atoms with E-state index < -0.39 is 10.1 Å². The largest absolute Gasteiger partial charge is 0.379 e. The Balaban J connectivity index is 2.50. The lowest BCUT2D eigenvalue weighted by atomic mass is 10.2. The molecule has 0 bridgehead atoms. The van der Waals surface area contributed by atoms with Crippen LogP contribution in [0.4, 0.5) is 0 Å². The third-order valence-electron chi connectivity index (χ3n) is 3.05. The van der Waals surface area contributed by atoms with Gasteiger partial charge in [0.25, 0.3) is 0 Å². The normalized spacial score (nSPS) is 11.5. The van der Waals surface area contributed by atoms with Crippen LogP contribution in [0.5, 0.6) is 5.75 Å². The average molecular weight is 400 g/mol. The lowest BCUT2D eigenvalue weighted by molar-refractivity contribution is 0.483. The topological polar surface area (TPSA) is 43.4 Å². The van der Waals surface area contributed by atoms with Gasteiger partial charge in [0.2, 0.25) is 0 Å². The van der Waals surface area contributed by atoms with Gasteiger partial charge in [0.05, 0.1) is 20.1 Å². The second-order valence-corrected chi connectivity index (χ2v) is 7.59. The predicted octanol–water partition coefficient (Wildman–Crippen LogP) is 5.68. The quantitative estimate of drug-likeness (QED) is 0.623. The highest BCUT2D eigenvalue weighted by atomic mass is 35.5. The fraction of sp³-hybridized carbons (Fsp3) is 0.143. The summed E-state index contributed by atoms with van der Waals surface area (Å²) >= 11 is 23.7. The molecule has 118 valence electrons. The molecule has 0 spiro atoms. The summed E-state index contributed by atoms with van der Waals surface area (Å²) in [6.07, 6.45) is 0. The summed E-state index contributed by atoms with van der Waals surface area (Å²) < 4.78 is 30.0. The van der Waals surface area contributed by atoms with Crippen molar-refractivity contribution in [2.45, 2.75) is 18.7 Å². The molecular weight excluding hydrogens is 390 g/mol. The van der Waals surface area contributed by atoms with E-state index in [0.29, 0.717) is 16.1 Å². The Hall–Kier alpha value is -0.650. The summed E-state index contributed by atoms with van der Waals surface area (Å²) in [4.78, 5) is -0.0626. The second kappa shape index (κ2) is 6.46. The van der Waals surface area contributed by atoms with Crippen LogP contribution in [0.2, 0.25) is 20.1 Å². The SMILES string of the molecule is Cc1c(OS(=O)(=O)c2ccc(Cl)c(Cl)c2C)ccc(Cl)c1Cl. The monoisotopic (exact) mass is 398 g/mol. The minimum absolute atomic E-state index is 0.0626. The fourth-order valence-corrected chi connectivity index (χ4v) is 3.80. The maximum absolute atomic E-state index is 12.4. The number of hydrogen-bond donors (Lipinski definition) is 0. The van der Waals surface area contributed by atoms with Crippen molar-refractivity contribution in [3.63, 3.8) is 0 Å². The second-order valence-electron chi connectivity index (χ2n) is 4.51. The third kappa shape index (κ3) is 3.31. The predicted molar refractivity (Wildman–Crippen MR) is 90.2 cm³/mol. The lowest BCUT2D eigenvalue weighted by Crippen LogP contribution is -2.12. The highest BCUT2D eigenvalue weighted by Gasteiger charge is 2.23. The number of rotatable bonds is 3. The molecule has 2 aromatic rings. The van der Waals surface area contributed by atoms with Crippen molar-refractivity contribution in [3.05, 3.63) is 55.5 Å². The molecule has 0 radical (unpaired) electrons. The Bertz CT molecular complexity index is 848. The summed E-state index contributed by atoms with van der Waals surface area (Å²) in [5, 5.41) is 0.982. The van der Waals surface area contributed by atoms with Gasteiger partial charge in [-0.2, -0.15) is 8.42 Å². The molecule has 0 amide bonds. The maximum atomic E-state index is 12.4. The van der Waals surface area contributed by atoms with E-state index >= 15 is 0 Å². The molecule has 0 saturated carbocycles. The van der Waals surface area contributed by atoms with E-state index in [1.807, 2.05) is 0 Å². The van der Waals surface area contributed by atoms with E-state index in [9.17, 15) is 8.42 Å². The van der Waals surface area contributed by atoms with Crippen molar-refractivity contribution in [1.29, 1.82) is 0 Å². The molecule has 3 nitrogen and oxygen atoms in total. The molecule has 0 saturated heterocycles. The molecule has 0 N–H and O–H groups in total. The van der Waals surface area contributed by atoms with Crippen LogP contribution in [0.25, 0.3) is 0 Å². The molecule has 2 aromatic carbocycles. The first-order valence-corrected chi connectivity index (χ1v) is 8.91. The van der Waals surface area contributed by atoms with Crippen LogP contribution in [-0.2, 0) is 10.1 Å². The summed E-state index contributed by atoms with van der Waals surface area (Å²) in [5.74, 6) is 0.0971. The number of hydrogen-bond acceptors (Lipinski definition) is 3. The van der Waals surface area contributed by atoms with Crippen molar-refractivity contribution in [3.8, 4) is 5.75 Å². The zero-order valence-corrected chi connectivity index (χ0v) is 15.3. The maximum Gasteiger partial charge on any atom is 0.339 e. The van der Waals surface area contributed by atoms with Crippen LogP contribution >= 0.6 is 46.4 Å². The van der Waals surface area contributed by atoms with E-state index in [-0.39, 0.29) is 25.7 Å². The zero-order valence-electron chi connectivity index (χ0n) is 11.5. The van der Waals surface area contributed by atoms with E-state index in [1.165, 1.54) is 24.3 Å². The molecule has 2 rings (SSSR count). The van der Waals surface area contributed by atoms with E-state index in [0.717, 1.165) is 0 Å². The van der Waals surface area contributed by atoms with E-state index in [2.05, 4.69) is 0 Å². The molecular formula is C14H10Cl4O3S. The van der Waals surface area contributed by atoms with Gasteiger partial charge >= 0.3 is 10.1 Å². The molecule has 0 aliphatic rings. The van der Waals surface area contributed by atoms with Crippen molar-refractivity contribution in [2.24, 2.45) is 0 Å². The summed E-state index contributed by atoms with van der Waals surface area (Å²) in [7, 11) is -4.08. The molecule has 0 aliphatic heterocycles. The summed E-state index contributed by atoms with van der Waals surface area (Å²) in [5.41, 5.74) is 0.738. The minimum atomic E-state index is -4.08. The minimum Gasteiger partial charge on any atom is -0.379 e. The zero-order chi connectivity index (χ0) is 16.7. The Morgan fingerprint density at radius 3 is 1.91 bits per heavy atom. The molecule has 0 fully saturated rings. The molecule has 0 aliphatic carbocycles. The first-order chi connectivity index (χ1) is 10.1. The van der Waals surface area contributed by atoms with Gasteiger partial charge in [-0.05, 0) is 43.7 Å². The van der Waals surface area contributed by atoms with Gasteiger partial charge in [0.15, 0.2) is 0 Å². The fourth-order valence-electron chi connectivity index (χ4n) is 1.79. The van der Waals surface area contributed by atoms with Crippen LogP contribution in [0, 0.1) is 13.8 Å². The third-order valence-corrected chi connectivity index (χ3v) is 6.23. The van der Waals surface area contributed by atoms with Crippen molar-refractivity contribution in [1.82, 2.24) is 0 Å². The molecule has 8 heteroatoms. The Morgan fingerprint density at radius 2 is 1.32 bits per heavy atom. The van der Waals surface area contributed by atoms with Crippen molar-refractivity contribution in [2.75, 3.05) is 0 Å². The van der Waals surface area contributed by atoms with Gasteiger partial charge in [0, 0.05) is 5.56 Å². The van der Waals surface area contributed by atoms with Crippen LogP contribution in [0.1, 0.15) is 11.1 Å². The standard InChI is InChI=1S/C14H10Cl4O3S/c1-7-11(5-3-9(15)13(7)17)21-22(19,20)12-6-4-10(16)14(18)8(12)2/h3-6H,1-2H3. The number of benzene rings is 2. The van der Waals surface area contributed by atoms with E-state index in [4.69, 9.17) is 50.6 Å². The van der Waals surface area contributed by atoms with Gasteiger partial charge in [-0.1, -0.05) is 46.4 Å². The molecule has 22 heavy (non-hydrogen) atoms. The van der Waals surface area contributed by atoms with Crippen LogP contribution in [-0.4, -0.2) is 8.42 Å². The molecule has 0 unspecified atom stereocenters. The first-order valence-electron chi connectivity index (χ1n) is 5.99. The van der Waals surface area contributed by atoms with Gasteiger partial charge < -0.3 is 4.18 Å². The Labute approximate surface area is 148 Å². The van der Waals surface area contributed by atoms with Crippen molar-refractivity contribution >= 4 is 56.5 Å². The smallest absolute Gasteiger partial charge is 0.339 e. The summed E-state index contributed by atoms with van der Waals surface area (Å²) in [6.45, 7) is 3.16. The first kappa shape index (κ1) is 17.7. The van der Waals surface area contributed by atoms with Gasteiger partial charge in [-0.3, -0.25) is 0 Å². The van der Waals surface area contributed by atoms with Crippen LogP contribution in [0.3, 0.4) is 0 Å². The van der Waals surface area contributed by atoms with Gasteiger partial charge in [-0.15, -0.1) is 0 Å². The average Bonchev–Trinajstić information content (AvgIpc) is 2.45. The highest BCUT2D eigenvalue weighted by molar-refractivity contribution is 7.87. The van der Waals surface area contributed by atoms with Crippen molar-refractivity contribution < 1.29 is 12.6 Å². The summed E-state index contributed by atoms with van der Waals surface area (Å²) in [6, 6.07) is 5.64. The van der Waals surface area contributed by atoms with Gasteiger partial charge in [-0.25, -0.2) is 0 Å². The van der Waals surface area contributed by atoms with E-state index in [1.54, 1.807) is 13.8 Å². The lowest BCUT2D eigenvalue weighted by Gasteiger charge is -2.13. The molecule has 0 atom stereocenters. The number of halogens is 4. The van der Waals surface area contributed by atoms with Gasteiger partial charge in [0.1, 0.15) is 10.6 Å². The Morgan fingerprint density at radius 1 is 0.818 bits per heavy atom. The van der Waals surface area contributed by atoms with Crippen LogP contribution < -0.4 is 4.18 Å². The Kier molecular flexibility index (Phi) is 5.20. The molecule has 0 heterocycles. The highest BCUT2D eigenvalue weighted by Crippen LogP contribution is 2.35.